The van der Waals surface area contributed by atoms with Gasteiger partial charge in [0.2, 0.25) is 0 Å². The molecule has 0 radical (unpaired) electrons. The summed E-state index contributed by atoms with van der Waals surface area (Å²) in [6, 6.07) is 17.4. The molecule has 1 N–H and O–H groups in total. The van der Waals surface area contributed by atoms with Gasteiger partial charge in [-0.1, -0.05) is 47.7 Å². The second-order valence-corrected chi connectivity index (χ2v) is 7.82. The van der Waals surface area contributed by atoms with Crippen LogP contribution in [0.4, 0.5) is 10.8 Å². The highest BCUT2D eigenvalue weighted by Gasteiger charge is 2.19. The first-order chi connectivity index (χ1) is 14.0. The third-order valence-electron chi connectivity index (χ3n) is 4.54. The largest absolute Gasteiger partial charge is 0.378 e. The van der Waals surface area contributed by atoms with Gasteiger partial charge in [0.1, 0.15) is 0 Å². The number of aryl methyl sites for hydroxylation is 1. The van der Waals surface area contributed by atoms with Gasteiger partial charge in [-0.3, -0.25) is 10.1 Å². The summed E-state index contributed by atoms with van der Waals surface area (Å²) in [7, 11) is 5.84. The maximum atomic E-state index is 12.8. The first-order valence-electron chi connectivity index (χ1n) is 9.15. The van der Waals surface area contributed by atoms with Crippen molar-refractivity contribution in [3.05, 3.63) is 72.6 Å². The smallest absolute Gasteiger partial charge is 0.257 e. The van der Waals surface area contributed by atoms with Crippen molar-refractivity contribution in [2.75, 3.05) is 24.3 Å². The molecule has 146 valence electrons. The molecule has 4 rings (SSSR count). The molecule has 2 aromatic carbocycles. The van der Waals surface area contributed by atoms with Crippen LogP contribution in [0.2, 0.25) is 0 Å². The van der Waals surface area contributed by atoms with Gasteiger partial charge in [0.15, 0.2) is 11.0 Å². The number of anilines is 2. The molecule has 2 aromatic heterocycles. The Morgan fingerprint density at radius 3 is 2.59 bits per heavy atom. The summed E-state index contributed by atoms with van der Waals surface area (Å²) in [6.45, 7) is 0. The first kappa shape index (κ1) is 18.9. The fraction of sp³-hybridized carbons (Fsp3) is 0.136. The van der Waals surface area contributed by atoms with Crippen LogP contribution >= 0.6 is 11.3 Å². The molecular formula is C22H21N5OS. The van der Waals surface area contributed by atoms with Crippen molar-refractivity contribution < 1.29 is 4.79 Å². The van der Waals surface area contributed by atoms with Crippen LogP contribution < -0.4 is 10.2 Å². The number of amides is 1. The lowest BCUT2D eigenvalue weighted by atomic mass is 10.1. The van der Waals surface area contributed by atoms with E-state index in [9.17, 15) is 4.79 Å². The number of hydrogen-bond donors (Lipinski definition) is 1. The van der Waals surface area contributed by atoms with Crippen molar-refractivity contribution in [3.63, 3.8) is 0 Å². The van der Waals surface area contributed by atoms with Gasteiger partial charge in [-0.25, -0.2) is 9.97 Å². The number of rotatable bonds is 5. The van der Waals surface area contributed by atoms with E-state index in [4.69, 9.17) is 4.98 Å². The maximum Gasteiger partial charge on any atom is 0.257 e. The van der Waals surface area contributed by atoms with Crippen LogP contribution in [0.3, 0.4) is 0 Å². The van der Waals surface area contributed by atoms with Crippen molar-refractivity contribution in [1.82, 2.24) is 14.5 Å². The second-order valence-electron chi connectivity index (χ2n) is 6.82. The van der Waals surface area contributed by atoms with Crippen molar-refractivity contribution >= 4 is 28.1 Å². The monoisotopic (exact) mass is 403 g/mol. The van der Waals surface area contributed by atoms with Crippen molar-refractivity contribution in [2.24, 2.45) is 7.05 Å². The van der Waals surface area contributed by atoms with Crippen LogP contribution in [0.15, 0.2) is 67.0 Å². The quantitative estimate of drug-likeness (QED) is 0.532. The molecular weight excluding hydrogens is 382 g/mol. The number of nitrogens with zero attached hydrogens (tertiary/aromatic N) is 4. The maximum absolute atomic E-state index is 12.8. The standard InChI is InChI=1S/C22H21N5OS/c1-26(2)17-11-7-10-16(14-17)21(28)25-22-24-18(15-8-5-4-6-9-15)19(29-22)20-23-12-13-27(20)3/h4-14H,1-3H3,(H,24,25,28). The van der Waals surface area contributed by atoms with Crippen molar-refractivity contribution in [1.29, 1.82) is 0 Å². The molecule has 29 heavy (non-hydrogen) atoms. The second kappa shape index (κ2) is 7.89. The van der Waals surface area contributed by atoms with Gasteiger partial charge < -0.3 is 9.47 Å². The summed E-state index contributed by atoms with van der Waals surface area (Å²) in [5.74, 6) is 0.630. The Kier molecular flexibility index (Phi) is 5.14. The van der Waals surface area contributed by atoms with Crippen LogP contribution in [0.25, 0.3) is 22.0 Å². The molecule has 0 aliphatic rings. The highest BCUT2D eigenvalue weighted by molar-refractivity contribution is 7.19. The molecule has 0 fully saturated rings. The average molecular weight is 404 g/mol. The van der Waals surface area contributed by atoms with Crippen LogP contribution in [0.1, 0.15) is 10.4 Å². The molecule has 0 atom stereocenters. The van der Waals surface area contributed by atoms with E-state index in [0.29, 0.717) is 10.7 Å². The van der Waals surface area contributed by atoms with E-state index in [-0.39, 0.29) is 5.91 Å². The third kappa shape index (κ3) is 3.90. The molecule has 0 saturated carbocycles. The zero-order valence-electron chi connectivity index (χ0n) is 16.5. The molecule has 6 nitrogen and oxygen atoms in total. The highest BCUT2D eigenvalue weighted by atomic mass is 32.1. The minimum absolute atomic E-state index is 0.187. The lowest BCUT2D eigenvalue weighted by Crippen LogP contribution is -2.14. The zero-order chi connectivity index (χ0) is 20.4. The van der Waals surface area contributed by atoms with Crippen LogP contribution in [0, 0.1) is 0 Å². The van der Waals surface area contributed by atoms with Crippen molar-refractivity contribution in [2.45, 2.75) is 0 Å². The fourth-order valence-corrected chi connectivity index (χ4v) is 4.02. The molecule has 0 unspecified atom stereocenters. The molecule has 1 amide bonds. The molecule has 4 aromatic rings. The molecule has 0 spiro atoms. The van der Waals surface area contributed by atoms with E-state index in [1.807, 2.05) is 85.3 Å². The van der Waals surface area contributed by atoms with E-state index >= 15 is 0 Å². The predicted molar refractivity (Wildman–Crippen MR) is 118 cm³/mol. The van der Waals surface area contributed by atoms with E-state index in [1.165, 1.54) is 11.3 Å². The molecule has 0 bridgehead atoms. The van der Waals surface area contributed by atoms with Crippen molar-refractivity contribution in [3.8, 4) is 22.0 Å². The molecule has 0 saturated heterocycles. The highest BCUT2D eigenvalue weighted by Crippen LogP contribution is 2.38. The lowest BCUT2D eigenvalue weighted by molar-refractivity contribution is 0.102. The fourth-order valence-electron chi connectivity index (χ4n) is 3.00. The predicted octanol–water partition coefficient (Wildman–Crippen LogP) is 4.53. The van der Waals surface area contributed by atoms with E-state index in [1.54, 1.807) is 12.3 Å². The summed E-state index contributed by atoms with van der Waals surface area (Å²) < 4.78 is 1.95. The Balaban J connectivity index is 1.70. The number of nitrogens with one attached hydrogen (secondary N) is 1. The normalized spacial score (nSPS) is 10.7. The van der Waals surface area contributed by atoms with Gasteiger partial charge in [0.25, 0.3) is 5.91 Å². The zero-order valence-corrected chi connectivity index (χ0v) is 17.3. The Morgan fingerprint density at radius 1 is 1.10 bits per heavy atom. The number of carbonyl (C=O) groups is 1. The summed E-state index contributed by atoms with van der Waals surface area (Å²) in [6.07, 6.45) is 3.66. The molecule has 0 aliphatic carbocycles. The van der Waals surface area contributed by atoms with E-state index in [0.717, 1.165) is 27.6 Å². The minimum atomic E-state index is -0.187. The summed E-state index contributed by atoms with van der Waals surface area (Å²) >= 11 is 1.42. The van der Waals surface area contributed by atoms with Gasteiger partial charge in [0, 0.05) is 50.4 Å². The number of thiazole rings is 1. The number of imidazole rings is 1. The Labute approximate surface area is 173 Å². The SMILES string of the molecule is CN(C)c1cccc(C(=O)Nc2nc(-c3ccccc3)c(-c3nccn3C)s2)c1. The van der Waals surface area contributed by atoms with Gasteiger partial charge in [-0.05, 0) is 18.2 Å². The first-order valence-corrected chi connectivity index (χ1v) is 9.97. The lowest BCUT2D eigenvalue weighted by Gasteiger charge is -2.13. The van der Waals surface area contributed by atoms with Gasteiger partial charge in [0.05, 0.1) is 10.6 Å². The molecule has 0 aliphatic heterocycles. The summed E-state index contributed by atoms with van der Waals surface area (Å²) in [4.78, 5) is 24.9. The van der Waals surface area contributed by atoms with Crippen LogP contribution in [-0.4, -0.2) is 34.5 Å². The third-order valence-corrected chi connectivity index (χ3v) is 5.51. The Bertz CT molecular complexity index is 1150. The Morgan fingerprint density at radius 2 is 1.90 bits per heavy atom. The van der Waals surface area contributed by atoms with Crippen LogP contribution in [-0.2, 0) is 7.05 Å². The average Bonchev–Trinajstić information content (AvgIpc) is 3.34. The topological polar surface area (TPSA) is 63.1 Å². The number of hydrogen-bond acceptors (Lipinski definition) is 5. The molecule has 7 heteroatoms. The molecule has 2 heterocycles. The summed E-state index contributed by atoms with van der Waals surface area (Å²) in [5.41, 5.74) is 3.35. The van der Waals surface area contributed by atoms with Crippen LogP contribution in [0.5, 0.6) is 0 Å². The minimum Gasteiger partial charge on any atom is -0.378 e. The van der Waals surface area contributed by atoms with Gasteiger partial charge in [-0.15, -0.1) is 0 Å². The van der Waals surface area contributed by atoms with Gasteiger partial charge in [-0.2, -0.15) is 0 Å². The van der Waals surface area contributed by atoms with E-state index < -0.39 is 0 Å². The number of aromatic nitrogens is 3. The Hall–Kier alpha value is -3.45. The van der Waals surface area contributed by atoms with Gasteiger partial charge >= 0.3 is 0 Å². The van der Waals surface area contributed by atoms with E-state index in [2.05, 4.69) is 10.3 Å². The summed E-state index contributed by atoms with van der Waals surface area (Å²) in [5, 5.41) is 3.49. The number of benzene rings is 2. The number of carbonyl (C=O) groups excluding carboxylic acids is 1.